The Morgan fingerprint density at radius 3 is 2.54 bits per heavy atom. The molecule has 0 aliphatic carbocycles. The van der Waals surface area contributed by atoms with E-state index in [0.29, 0.717) is 6.04 Å². The molecule has 1 rings (SSSR count). The maximum absolute atomic E-state index is 10.8. The van der Waals surface area contributed by atoms with E-state index in [9.17, 15) is 4.79 Å². The first-order valence-electron chi connectivity index (χ1n) is 4.58. The van der Waals surface area contributed by atoms with Gasteiger partial charge in [-0.05, 0) is 0 Å². The van der Waals surface area contributed by atoms with E-state index in [4.69, 9.17) is 0 Å². The van der Waals surface area contributed by atoms with Crippen molar-refractivity contribution in [2.45, 2.75) is 26.4 Å². The molecular weight excluding hydrogens is 164 g/mol. The van der Waals surface area contributed by atoms with Crippen molar-refractivity contribution in [3.8, 4) is 0 Å². The van der Waals surface area contributed by atoms with Crippen molar-refractivity contribution in [2.24, 2.45) is 0 Å². The van der Waals surface area contributed by atoms with E-state index in [-0.39, 0.29) is 5.43 Å². The van der Waals surface area contributed by atoms with Gasteiger partial charge in [0.25, 0.3) is 0 Å². The SMILES string of the molecule is CC(C)NCCn1ccc(=O)cc1. The van der Waals surface area contributed by atoms with Gasteiger partial charge in [-0.15, -0.1) is 0 Å². The molecule has 0 saturated carbocycles. The number of nitrogens with zero attached hydrogens (tertiary/aromatic N) is 1. The molecule has 0 bridgehead atoms. The van der Waals surface area contributed by atoms with Gasteiger partial charge in [-0.2, -0.15) is 0 Å². The van der Waals surface area contributed by atoms with Gasteiger partial charge in [0, 0.05) is 43.7 Å². The summed E-state index contributed by atoms with van der Waals surface area (Å²) in [6.07, 6.45) is 3.62. The Morgan fingerprint density at radius 2 is 2.00 bits per heavy atom. The highest BCUT2D eigenvalue weighted by atomic mass is 16.1. The lowest BCUT2D eigenvalue weighted by Crippen LogP contribution is -2.26. The Hall–Kier alpha value is -1.09. The molecule has 0 aromatic carbocycles. The number of rotatable bonds is 4. The normalized spacial score (nSPS) is 10.7. The van der Waals surface area contributed by atoms with E-state index in [1.165, 1.54) is 0 Å². The van der Waals surface area contributed by atoms with E-state index in [0.717, 1.165) is 13.1 Å². The molecule has 1 aromatic rings. The lowest BCUT2D eigenvalue weighted by atomic mass is 10.4. The van der Waals surface area contributed by atoms with Gasteiger partial charge in [0.15, 0.2) is 5.43 Å². The summed E-state index contributed by atoms with van der Waals surface area (Å²) in [5, 5.41) is 3.31. The van der Waals surface area contributed by atoms with Gasteiger partial charge < -0.3 is 9.88 Å². The number of hydrogen-bond acceptors (Lipinski definition) is 2. The number of aromatic nitrogens is 1. The first-order valence-corrected chi connectivity index (χ1v) is 4.58. The summed E-state index contributed by atoms with van der Waals surface area (Å²) in [7, 11) is 0. The number of pyridine rings is 1. The Kier molecular flexibility index (Phi) is 3.71. The molecule has 0 saturated heterocycles. The highest BCUT2D eigenvalue weighted by molar-refractivity contribution is 4.93. The van der Waals surface area contributed by atoms with Crippen LogP contribution in [0.3, 0.4) is 0 Å². The molecule has 1 aromatic heterocycles. The van der Waals surface area contributed by atoms with Gasteiger partial charge in [-0.3, -0.25) is 4.79 Å². The minimum Gasteiger partial charge on any atom is -0.353 e. The van der Waals surface area contributed by atoms with Crippen molar-refractivity contribution in [1.29, 1.82) is 0 Å². The average molecular weight is 180 g/mol. The van der Waals surface area contributed by atoms with Crippen molar-refractivity contribution in [2.75, 3.05) is 6.54 Å². The van der Waals surface area contributed by atoms with Crippen molar-refractivity contribution < 1.29 is 0 Å². The van der Waals surface area contributed by atoms with Crippen LogP contribution in [-0.4, -0.2) is 17.2 Å². The standard InChI is InChI=1S/C10H16N2O/c1-9(2)11-5-8-12-6-3-10(13)4-7-12/h3-4,6-7,9,11H,5,8H2,1-2H3. The summed E-state index contributed by atoms with van der Waals surface area (Å²) in [4.78, 5) is 10.8. The minimum absolute atomic E-state index is 0.0630. The van der Waals surface area contributed by atoms with Crippen LogP contribution >= 0.6 is 0 Å². The maximum atomic E-state index is 10.8. The van der Waals surface area contributed by atoms with E-state index in [2.05, 4.69) is 19.2 Å². The Labute approximate surface area is 78.4 Å². The average Bonchev–Trinajstić information content (AvgIpc) is 2.08. The third-order valence-electron chi connectivity index (χ3n) is 1.78. The molecule has 0 spiro atoms. The van der Waals surface area contributed by atoms with E-state index >= 15 is 0 Å². The largest absolute Gasteiger partial charge is 0.353 e. The molecule has 0 aliphatic heterocycles. The summed E-state index contributed by atoms with van der Waals surface area (Å²) in [6, 6.07) is 3.67. The second-order valence-corrected chi connectivity index (χ2v) is 3.38. The van der Waals surface area contributed by atoms with Crippen LogP contribution in [0.15, 0.2) is 29.3 Å². The maximum Gasteiger partial charge on any atom is 0.181 e. The fourth-order valence-electron chi connectivity index (χ4n) is 1.08. The zero-order valence-electron chi connectivity index (χ0n) is 8.16. The predicted octanol–water partition coefficient (Wildman–Crippen LogP) is 0.846. The third-order valence-corrected chi connectivity index (χ3v) is 1.78. The first-order chi connectivity index (χ1) is 6.18. The van der Waals surface area contributed by atoms with Crippen molar-refractivity contribution in [3.63, 3.8) is 0 Å². The fourth-order valence-corrected chi connectivity index (χ4v) is 1.08. The van der Waals surface area contributed by atoms with Gasteiger partial charge in [-0.25, -0.2) is 0 Å². The Balaban J connectivity index is 2.37. The quantitative estimate of drug-likeness (QED) is 0.745. The highest BCUT2D eigenvalue weighted by Crippen LogP contribution is 1.84. The fraction of sp³-hybridized carbons (Fsp3) is 0.500. The smallest absolute Gasteiger partial charge is 0.181 e. The van der Waals surface area contributed by atoms with Crippen molar-refractivity contribution >= 4 is 0 Å². The zero-order chi connectivity index (χ0) is 9.68. The summed E-state index contributed by atoms with van der Waals surface area (Å²) in [5.41, 5.74) is 0.0630. The molecule has 72 valence electrons. The molecule has 0 fully saturated rings. The molecule has 1 heterocycles. The monoisotopic (exact) mass is 180 g/mol. The van der Waals surface area contributed by atoms with Gasteiger partial charge in [0.2, 0.25) is 0 Å². The molecule has 13 heavy (non-hydrogen) atoms. The summed E-state index contributed by atoms with van der Waals surface area (Å²) >= 11 is 0. The second-order valence-electron chi connectivity index (χ2n) is 3.38. The summed E-state index contributed by atoms with van der Waals surface area (Å²) in [5.74, 6) is 0. The molecule has 0 radical (unpaired) electrons. The van der Waals surface area contributed by atoms with Crippen LogP contribution in [0.1, 0.15) is 13.8 Å². The highest BCUT2D eigenvalue weighted by Gasteiger charge is 1.91. The lowest BCUT2D eigenvalue weighted by Gasteiger charge is -2.09. The van der Waals surface area contributed by atoms with Gasteiger partial charge in [0.1, 0.15) is 0 Å². The van der Waals surface area contributed by atoms with E-state index < -0.39 is 0 Å². The molecule has 3 heteroatoms. The molecular formula is C10H16N2O. The molecule has 0 unspecified atom stereocenters. The molecule has 0 aliphatic rings. The molecule has 1 N–H and O–H groups in total. The van der Waals surface area contributed by atoms with Gasteiger partial charge in [-0.1, -0.05) is 13.8 Å². The predicted molar refractivity (Wildman–Crippen MR) is 53.8 cm³/mol. The van der Waals surface area contributed by atoms with Crippen LogP contribution in [0, 0.1) is 0 Å². The zero-order valence-corrected chi connectivity index (χ0v) is 8.16. The van der Waals surface area contributed by atoms with Crippen molar-refractivity contribution in [1.82, 2.24) is 9.88 Å². The summed E-state index contributed by atoms with van der Waals surface area (Å²) in [6.45, 7) is 6.07. The first kappa shape index (κ1) is 9.99. The molecule has 3 nitrogen and oxygen atoms in total. The Bertz CT molecular complexity index is 284. The number of hydrogen-bond donors (Lipinski definition) is 1. The van der Waals surface area contributed by atoms with Crippen LogP contribution in [0.2, 0.25) is 0 Å². The van der Waals surface area contributed by atoms with Gasteiger partial charge in [0.05, 0.1) is 0 Å². The van der Waals surface area contributed by atoms with E-state index in [1.54, 1.807) is 12.1 Å². The molecule has 0 atom stereocenters. The van der Waals surface area contributed by atoms with Crippen LogP contribution in [-0.2, 0) is 6.54 Å². The van der Waals surface area contributed by atoms with E-state index in [1.807, 2.05) is 17.0 Å². The molecule has 0 amide bonds. The topological polar surface area (TPSA) is 34.0 Å². The summed E-state index contributed by atoms with van der Waals surface area (Å²) < 4.78 is 2.00. The van der Waals surface area contributed by atoms with Crippen LogP contribution < -0.4 is 10.7 Å². The lowest BCUT2D eigenvalue weighted by molar-refractivity contribution is 0.540. The van der Waals surface area contributed by atoms with Crippen LogP contribution in [0.25, 0.3) is 0 Å². The van der Waals surface area contributed by atoms with Crippen LogP contribution in [0.4, 0.5) is 0 Å². The second kappa shape index (κ2) is 4.82. The van der Waals surface area contributed by atoms with Crippen LogP contribution in [0.5, 0.6) is 0 Å². The third kappa shape index (κ3) is 3.90. The van der Waals surface area contributed by atoms with Gasteiger partial charge >= 0.3 is 0 Å². The number of nitrogens with one attached hydrogen (secondary N) is 1. The van der Waals surface area contributed by atoms with Crippen molar-refractivity contribution in [3.05, 3.63) is 34.7 Å². The Morgan fingerprint density at radius 1 is 1.38 bits per heavy atom. The minimum atomic E-state index is 0.0630.